The van der Waals surface area contributed by atoms with Gasteiger partial charge in [-0.3, -0.25) is 19.2 Å². The normalized spacial score (nSPS) is 19.0. The van der Waals surface area contributed by atoms with Gasteiger partial charge in [0.15, 0.2) is 23.1 Å². The number of piperazine rings is 2. The van der Waals surface area contributed by atoms with Gasteiger partial charge in [0, 0.05) is 77.8 Å². The van der Waals surface area contributed by atoms with Gasteiger partial charge >= 0.3 is 0 Å². The number of rotatable bonds is 16. The maximum Gasteiger partial charge on any atom is 0.256 e. The number of halogens is 2. The number of carbonyl (C=O) groups is 2. The Morgan fingerprint density at radius 2 is 0.984 bits per heavy atom. The minimum Gasteiger partial charge on any atom is -0.487 e. The van der Waals surface area contributed by atoms with Crippen molar-refractivity contribution in [3.05, 3.63) is 67.7 Å². The zero-order valence-electron chi connectivity index (χ0n) is 36.3. The molecule has 2 saturated heterocycles. The van der Waals surface area contributed by atoms with Crippen molar-refractivity contribution in [1.82, 2.24) is 29.6 Å². The number of amides is 2. The Labute approximate surface area is 363 Å². The molecule has 8 rings (SSSR count). The summed E-state index contributed by atoms with van der Waals surface area (Å²) in [7, 11) is 4.04. The van der Waals surface area contributed by atoms with Gasteiger partial charge in [-0.25, -0.2) is 8.78 Å². The van der Waals surface area contributed by atoms with Crippen LogP contribution in [0.1, 0.15) is 46.6 Å². The summed E-state index contributed by atoms with van der Waals surface area (Å²) in [4.78, 5) is 61.7. The lowest BCUT2D eigenvalue weighted by Gasteiger charge is -2.37. The number of hydrogen-bond acceptors (Lipinski definition) is 13. The highest BCUT2D eigenvalue weighted by atomic mass is 19.1. The number of pyridine rings is 2. The number of anilines is 2. The number of hydrogen-bond donors (Lipinski definition) is 2. The third kappa shape index (κ3) is 9.06. The summed E-state index contributed by atoms with van der Waals surface area (Å²) < 4.78 is 63.8. The van der Waals surface area contributed by atoms with E-state index in [9.17, 15) is 19.2 Å². The van der Waals surface area contributed by atoms with Gasteiger partial charge in [-0.2, -0.15) is 0 Å². The lowest BCUT2D eigenvalue weighted by Crippen LogP contribution is -2.45. The molecule has 2 fully saturated rings. The largest absolute Gasteiger partial charge is 0.487 e. The first-order valence-corrected chi connectivity index (χ1v) is 21.7. The van der Waals surface area contributed by atoms with Crippen LogP contribution in [0.5, 0.6) is 11.5 Å². The summed E-state index contributed by atoms with van der Waals surface area (Å²) in [5.74, 6) is -1.58. The van der Waals surface area contributed by atoms with Crippen LogP contribution in [-0.4, -0.2) is 163 Å². The molecule has 2 aromatic heterocycles. The maximum absolute atomic E-state index is 15.7. The van der Waals surface area contributed by atoms with Gasteiger partial charge in [-0.05, 0) is 40.1 Å². The fourth-order valence-corrected chi connectivity index (χ4v) is 8.60. The Hall–Kier alpha value is -5.34. The zero-order valence-corrected chi connectivity index (χ0v) is 36.3. The van der Waals surface area contributed by atoms with Crippen LogP contribution in [0.15, 0.2) is 34.1 Å². The summed E-state index contributed by atoms with van der Waals surface area (Å²) in [6.07, 6.45) is 3.07. The number of benzene rings is 2. The number of nitrogens with zero attached hydrogens (tertiary/aromatic N) is 6. The van der Waals surface area contributed by atoms with E-state index < -0.39 is 34.3 Å². The Morgan fingerprint density at radius 1 is 0.619 bits per heavy atom. The molecule has 17 nitrogen and oxygen atoms in total. The van der Waals surface area contributed by atoms with E-state index in [1.165, 1.54) is 24.5 Å². The number of ether oxygens (including phenoxy) is 5. The molecular formula is C44H56F2N8O9. The Balaban J connectivity index is 0.750. The molecule has 2 unspecified atom stereocenters. The quantitative estimate of drug-likeness (QED) is 0.158. The number of likely N-dealkylation sites (N-methyl/N-ethyl adjacent to an activating group) is 2. The van der Waals surface area contributed by atoms with Gasteiger partial charge in [0.2, 0.25) is 10.9 Å². The lowest BCUT2D eigenvalue weighted by molar-refractivity contribution is 0.0157. The summed E-state index contributed by atoms with van der Waals surface area (Å²) >= 11 is 0. The molecule has 2 amide bonds. The zero-order chi connectivity index (χ0) is 44.4. The van der Waals surface area contributed by atoms with E-state index >= 15 is 8.78 Å². The molecule has 0 bridgehead atoms. The van der Waals surface area contributed by atoms with Crippen LogP contribution in [0.3, 0.4) is 0 Å². The third-order valence-electron chi connectivity index (χ3n) is 12.2. The summed E-state index contributed by atoms with van der Waals surface area (Å²) in [6.45, 7) is 11.7. The summed E-state index contributed by atoms with van der Waals surface area (Å²) in [6, 6.07) is 2.08. The second-order valence-electron chi connectivity index (χ2n) is 16.7. The van der Waals surface area contributed by atoms with Gasteiger partial charge < -0.3 is 63.1 Å². The van der Waals surface area contributed by atoms with Crippen LogP contribution >= 0.6 is 0 Å². The molecule has 6 heterocycles. The molecule has 4 aliphatic rings. The van der Waals surface area contributed by atoms with Gasteiger partial charge in [0.05, 0.1) is 73.5 Å². The van der Waals surface area contributed by atoms with E-state index in [0.717, 1.165) is 26.2 Å². The van der Waals surface area contributed by atoms with Crippen LogP contribution in [-0.2, 0) is 14.2 Å². The van der Waals surface area contributed by atoms with Crippen LogP contribution < -0.4 is 40.8 Å². The van der Waals surface area contributed by atoms with E-state index in [1.54, 1.807) is 0 Å². The highest BCUT2D eigenvalue weighted by Gasteiger charge is 2.33. The van der Waals surface area contributed by atoms with Gasteiger partial charge in [-0.1, -0.05) is 0 Å². The van der Waals surface area contributed by atoms with Gasteiger partial charge in [0.1, 0.15) is 35.7 Å². The van der Waals surface area contributed by atoms with Crippen molar-refractivity contribution in [2.45, 2.75) is 25.9 Å². The van der Waals surface area contributed by atoms with Crippen LogP contribution in [0.25, 0.3) is 21.8 Å². The highest BCUT2D eigenvalue weighted by molar-refractivity contribution is 6.01. The molecule has 0 aliphatic carbocycles. The molecule has 0 radical (unpaired) electrons. The Kier molecular flexibility index (Phi) is 13.5. The highest BCUT2D eigenvalue weighted by Crippen LogP contribution is 2.43. The second-order valence-corrected chi connectivity index (χ2v) is 16.7. The molecule has 19 heteroatoms. The number of aromatic nitrogens is 2. The molecule has 63 heavy (non-hydrogen) atoms. The first-order chi connectivity index (χ1) is 30.4. The molecule has 2 atom stereocenters. The van der Waals surface area contributed by atoms with Crippen molar-refractivity contribution >= 4 is 45.0 Å². The Morgan fingerprint density at radius 3 is 1.37 bits per heavy atom. The fourth-order valence-electron chi connectivity index (χ4n) is 8.60. The molecule has 0 saturated carbocycles. The third-order valence-corrected chi connectivity index (χ3v) is 12.2. The van der Waals surface area contributed by atoms with E-state index in [2.05, 4.69) is 20.4 Å². The minimum atomic E-state index is -0.578. The van der Waals surface area contributed by atoms with Crippen molar-refractivity contribution in [1.29, 1.82) is 0 Å². The topological polar surface area (TPSA) is 161 Å². The van der Waals surface area contributed by atoms with Crippen molar-refractivity contribution < 1.29 is 42.1 Å². The van der Waals surface area contributed by atoms with E-state index in [1.807, 2.05) is 46.9 Å². The minimum absolute atomic E-state index is 0.0835. The van der Waals surface area contributed by atoms with Gasteiger partial charge in [-0.15, -0.1) is 0 Å². The predicted octanol–water partition coefficient (Wildman–Crippen LogP) is 2.21. The SMILES string of the molecule is CC1COc2c(N3CCN(C)CC3)c(F)cc3c(=O)c(C(=O)NCCOCCOCCOCCNC(=O)c4cn5c6c(c(N7CCN(C)CC7)c(F)cc6c4=O)OCC5C)cn1c23. The molecule has 4 aliphatic heterocycles. The average molecular weight is 879 g/mol. The molecule has 2 aromatic carbocycles. The van der Waals surface area contributed by atoms with Crippen molar-refractivity contribution in [2.24, 2.45) is 0 Å². The van der Waals surface area contributed by atoms with Crippen molar-refractivity contribution in [2.75, 3.05) is 142 Å². The summed E-state index contributed by atoms with van der Waals surface area (Å²) in [5, 5.41) is 5.65. The molecule has 340 valence electrons. The summed E-state index contributed by atoms with van der Waals surface area (Å²) in [5.41, 5.74) is 0.384. The molecule has 2 N–H and O–H groups in total. The predicted molar refractivity (Wildman–Crippen MR) is 233 cm³/mol. The first-order valence-electron chi connectivity index (χ1n) is 21.7. The van der Waals surface area contributed by atoms with E-state index in [-0.39, 0.29) is 99.9 Å². The lowest BCUT2D eigenvalue weighted by atomic mass is 10.0. The maximum atomic E-state index is 15.7. The van der Waals surface area contributed by atoms with Gasteiger partial charge in [0.25, 0.3) is 11.8 Å². The second kappa shape index (κ2) is 19.2. The number of nitrogens with one attached hydrogen (secondary N) is 2. The van der Waals surface area contributed by atoms with Crippen molar-refractivity contribution in [3.8, 4) is 11.5 Å². The smallest absolute Gasteiger partial charge is 0.256 e. The fraction of sp³-hybridized carbons (Fsp3) is 0.545. The monoisotopic (exact) mass is 878 g/mol. The van der Waals surface area contributed by atoms with E-state index in [4.69, 9.17) is 23.7 Å². The first kappa shape index (κ1) is 44.3. The molecule has 4 aromatic rings. The molecular weight excluding hydrogens is 823 g/mol. The van der Waals surface area contributed by atoms with E-state index in [0.29, 0.717) is 60.1 Å². The Bertz CT molecular complexity index is 2310. The van der Waals surface area contributed by atoms with Crippen molar-refractivity contribution in [3.63, 3.8) is 0 Å². The van der Waals surface area contributed by atoms with Crippen LogP contribution in [0.4, 0.5) is 20.2 Å². The van der Waals surface area contributed by atoms with Crippen LogP contribution in [0, 0.1) is 11.6 Å². The standard InChI is InChI=1S/C44H56F2N8O9/c1-27-25-62-41-35-29(21-33(45)37(41)51-11-7-49(3)8-12-51)39(55)31(23-53(27)35)43(57)47-5-15-59-17-19-61-20-18-60-16-6-48-44(58)32-24-54-28(2)26-63-42-36(54)30(40(32)56)22-34(46)38(42)52-13-9-50(4)10-14-52/h21-24,27-28H,5-20,25-26H2,1-4H3,(H,47,57)(H,48,58). The number of carbonyl (C=O) groups excluding carboxylic acids is 2. The van der Waals surface area contributed by atoms with Crippen LogP contribution in [0.2, 0.25) is 0 Å². The average Bonchev–Trinajstić information content (AvgIpc) is 3.27. The molecule has 0 spiro atoms.